The van der Waals surface area contributed by atoms with Crippen molar-refractivity contribution < 1.29 is 52.4 Å². The van der Waals surface area contributed by atoms with E-state index in [-0.39, 0.29) is 29.5 Å². The minimum atomic E-state index is -1.82. The van der Waals surface area contributed by atoms with Crippen LogP contribution in [0.3, 0.4) is 0 Å². The second-order valence-corrected chi connectivity index (χ2v) is 15.3. The maximum atomic E-state index is 14.1. The number of carbonyl (C=O) groups excluding carboxylic acids is 5. The van der Waals surface area contributed by atoms with Crippen molar-refractivity contribution in [2.45, 2.75) is 76.2 Å². The molecule has 56 heavy (non-hydrogen) atoms. The summed E-state index contributed by atoms with van der Waals surface area (Å²) in [6, 6.07) is 33.6. The van der Waals surface area contributed by atoms with Gasteiger partial charge in [0.25, 0.3) is 0 Å². The minimum Gasteiger partial charge on any atom is -0.461 e. The molecule has 1 heterocycles. The van der Waals surface area contributed by atoms with Gasteiger partial charge >= 0.3 is 29.8 Å². The van der Waals surface area contributed by atoms with E-state index < -0.39 is 89.3 Å². The van der Waals surface area contributed by atoms with Crippen molar-refractivity contribution in [1.82, 2.24) is 0 Å². The third kappa shape index (κ3) is 6.85. The van der Waals surface area contributed by atoms with E-state index in [1.807, 2.05) is 20.8 Å². The lowest BCUT2D eigenvalue weighted by Gasteiger charge is -2.63. The van der Waals surface area contributed by atoms with Gasteiger partial charge in [0, 0.05) is 12.8 Å². The number of rotatable bonds is 10. The van der Waals surface area contributed by atoms with Crippen molar-refractivity contribution in [3.8, 4) is 0 Å². The van der Waals surface area contributed by atoms with Crippen LogP contribution >= 0.6 is 0 Å². The summed E-state index contributed by atoms with van der Waals surface area (Å²) in [7, 11) is 0. The first-order valence-corrected chi connectivity index (χ1v) is 18.7. The number of hydrogen-bond donors (Lipinski definition) is 0. The first-order valence-electron chi connectivity index (χ1n) is 18.7. The van der Waals surface area contributed by atoms with Crippen LogP contribution in [0.15, 0.2) is 121 Å². The van der Waals surface area contributed by atoms with Crippen LogP contribution in [0.5, 0.6) is 0 Å². The van der Waals surface area contributed by atoms with Crippen molar-refractivity contribution >= 4 is 29.8 Å². The number of esters is 5. The zero-order valence-electron chi connectivity index (χ0n) is 31.6. The molecular formula is C45H44O11. The third-order valence-corrected chi connectivity index (χ3v) is 11.6. The molecule has 0 aromatic heterocycles. The summed E-state index contributed by atoms with van der Waals surface area (Å²) in [5.41, 5.74) is -3.43. The lowest BCUT2D eigenvalue weighted by molar-refractivity contribution is -0.314. The van der Waals surface area contributed by atoms with Gasteiger partial charge in [-0.25, -0.2) is 19.2 Å². The highest BCUT2D eigenvalue weighted by Crippen LogP contribution is 2.68. The molecule has 2 saturated carbocycles. The van der Waals surface area contributed by atoms with Gasteiger partial charge in [-0.3, -0.25) is 4.79 Å². The van der Waals surface area contributed by atoms with Crippen molar-refractivity contribution in [2.75, 3.05) is 6.61 Å². The molecule has 4 aromatic rings. The van der Waals surface area contributed by atoms with Crippen molar-refractivity contribution in [3.63, 3.8) is 0 Å². The zero-order valence-corrected chi connectivity index (χ0v) is 31.6. The van der Waals surface area contributed by atoms with Gasteiger partial charge in [0.05, 0.1) is 27.9 Å². The van der Waals surface area contributed by atoms with Crippen LogP contribution in [0.2, 0.25) is 0 Å². The highest BCUT2D eigenvalue weighted by Gasteiger charge is 2.83. The van der Waals surface area contributed by atoms with Gasteiger partial charge in [-0.1, -0.05) is 79.7 Å². The van der Waals surface area contributed by atoms with E-state index in [4.69, 9.17) is 28.4 Å². The fourth-order valence-corrected chi connectivity index (χ4v) is 9.15. The largest absolute Gasteiger partial charge is 0.461 e. The molecule has 0 N–H and O–H groups in total. The average molecular weight is 761 g/mol. The highest BCUT2D eigenvalue weighted by atomic mass is 16.6. The Hall–Kier alpha value is -5.81. The third-order valence-electron chi connectivity index (χ3n) is 11.6. The Labute approximate surface area is 325 Å². The average Bonchev–Trinajstić information content (AvgIpc) is 3.37. The summed E-state index contributed by atoms with van der Waals surface area (Å²) in [5, 5.41) is 0. The predicted octanol–water partition coefficient (Wildman–Crippen LogP) is 7.05. The minimum absolute atomic E-state index is 0.0345. The first kappa shape index (κ1) is 38.5. The second kappa shape index (κ2) is 15.4. The SMILES string of the molecule is CC(=O)O[C@@H]1[C@H](OC(=O)c2ccccc2)C[C@@H](C)[C@]23OC(C)(C)[C@H](C[C@H](OC(=O)c4ccccc4)[C@@]12COC(=O)c1ccccc1)[C@@H]3OC(=O)c1ccccc1. The molecule has 0 radical (unpaired) electrons. The van der Waals surface area contributed by atoms with Crippen LogP contribution in [0.25, 0.3) is 0 Å². The van der Waals surface area contributed by atoms with Crippen LogP contribution in [-0.2, 0) is 33.2 Å². The van der Waals surface area contributed by atoms with Gasteiger partial charge < -0.3 is 28.4 Å². The Balaban J connectivity index is 1.44. The molecule has 2 bridgehead atoms. The Bertz CT molecular complexity index is 2070. The van der Waals surface area contributed by atoms with Gasteiger partial charge in [-0.05, 0) is 81.1 Å². The molecule has 290 valence electrons. The molecule has 7 rings (SSSR count). The summed E-state index contributed by atoms with van der Waals surface area (Å²) in [4.78, 5) is 69.2. The molecule has 3 fully saturated rings. The number of ether oxygens (including phenoxy) is 6. The van der Waals surface area contributed by atoms with E-state index >= 15 is 0 Å². The maximum Gasteiger partial charge on any atom is 0.338 e. The van der Waals surface area contributed by atoms with Crippen molar-refractivity contribution in [3.05, 3.63) is 144 Å². The Morgan fingerprint density at radius 3 is 1.52 bits per heavy atom. The van der Waals surface area contributed by atoms with Gasteiger partial charge in [0.15, 0.2) is 6.10 Å². The zero-order chi connectivity index (χ0) is 39.7. The summed E-state index contributed by atoms with van der Waals surface area (Å²) in [5.74, 6) is -4.64. The fraction of sp³-hybridized carbons (Fsp3) is 0.356. The smallest absolute Gasteiger partial charge is 0.338 e. The quantitative estimate of drug-likeness (QED) is 0.121. The van der Waals surface area contributed by atoms with E-state index in [0.29, 0.717) is 5.56 Å². The normalized spacial score (nSPS) is 28.5. The molecule has 1 saturated heterocycles. The van der Waals surface area contributed by atoms with Gasteiger partial charge in [-0.2, -0.15) is 0 Å². The van der Waals surface area contributed by atoms with Gasteiger partial charge in [0.1, 0.15) is 35.9 Å². The molecule has 0 unspecified atom stereocenters. The topological polar surface area (TPSA) is 141 Å². The second-order valence-electron chi connectivity index (χ2n) is 15.3. The number of carbonyl (C=O) groups is 5. The molecule has 3 aliphatic rings. The molecule has 11 nitrogen and oxygen atoms in total. The van der Waals surface area contributed by atoms with E-state index in [9.17, 15) is 24.0 Å². The van der Waals surface area contributed by atoms with Crippen LogP contribution < -0.4 is 0 Å². The predicted molar refractivity (Wildman–Crippen MR) is 201 cm³/mol. The van der Waals surface area contributed by atoms with Crippen LogP contribution in [-0.4, -0.2) is 72.1 Å². The molecule has 8 atom stereocenters. The van der Waals surface area contributed by atoms with E-state index in [1.165, 1.54) is 6.92 Å². The van der Waals surface area contributed by atoms with E-state index in [2.05, 4.69) is 0 Å². The van der Waals surface area contributed by atoms with Crippen LogP contribution in [0, 0.1) is 17.3 Å². The molecule has 1 spiro atoms. The molecule has 4 aromatic carbocycles. The fourth-order valence-electron chi connectivity index (χ4n) is 9.15. The summed E-state index contributed by atoms with van der Waals surface area (Å²) >= 11 is 0. The lowest BCUT2D eigenvalue weighted by atomic mass is 9.47. The molecule has 0 amide bonds. The van der Waals surface area contributed by atoms with Crippen LogP contribution in [0.1, 0.15) is 82.0 Å². The molecule has 11 heteroatoms. The number of fused-ring (bicyclic) bond motifs is 1. The maximum absolute atomic E-state index is 14.1. The Morgan fingerprint density at radius 2 is 1.04 bits per heavy atom. The Morgan fingerprint density at radius 1 is 0.589 bits per heavy atom. The van der Waals surface area contributed by atoms with E-state index in [1.54, 1.807) is 121 Å². The highest BCUT2D eigenvalue weighted by molar-refractivity contribution is 5.91. The first-order chi connectivity index (χ1) is 26.9. The Kier molecular flexibility index (Phi) is 10.6. The molecule has 1 aliphatic heterocycles. The lowest BCUT2D eigenvalue weighted by Crippen LogP contribution is -2.78. The number of hydrogen-bond acceptors (Lipinski definition) is 11. The van der Waals surface area contributed by atoms with Crippen molar-refractivity contribution in [2.24, 2.45) is 17.3 Å². The standard InChI is InChI=1S/C45H44O11/c1-28-25-35(53-40(48)31-19-11-6-12-20-31)38(52-29(2)46)44(27-51-39(47)30-17-9-5-10-18-30)36(54-41(49)32-21-13-7-14-22-32)26-34-37(45(28,44)56-43(34,3)4)55-42(50)33-23-15-8-16-24-33/h5-24,28,34-38H,25-27H2,1-4H3/t28-,34-,35-,36+,37+,38-,44+,45-/m1/s1. The molecule has 2 aliphatic carbocycles. The van der Waals surface area contributed by atoms with Crippen LogP contribution in [0.4, 0.5) is 0 Å². The van der Waals surface area contributed by atoms with Gasteiger partial charge in [0.2, 0.25) is 0 Å². The summed E-state index contributed by atoms with van der Waals surface area (Å²) < 4.78 is 39.0. The number of benzene rings is 4. The van der Waals surface area contributed by atoms with Crippen molar-refractivity contribution in [1.29, 1.82) is 0 Å². The summed E-state index contributed by atoms with van der Waals surface area (Å²) in [6.45, 7) is 6.27. The summed E-state index contributed by atoms with van der Waals surface area (Å²) in [6.07, 6.45) is -4.71. The van der Waals surface area contributed by atoms with E-state index in [0.717, 1.165) is 0 Å². The molecular weight excluding hydrogens is 716 g/mol. The van der Waals surface area contributed by atoms with Gasteiger partial charge in [-0.15, -0.1) is 0 Å². The monoisotopic (exact) mass is 760 g/mol.